The number of hydrogen-bond donors (Lipinski definition) is 0. The minimum atomic E-state index is -3.73. The minimum Gasteiger partial charge on any atom is -0.338 e. The number of fused-ring (bicyclic) bond motifs is 1. The second kappa shape index (κ2) is 7.64. The number of piperidine rings is 1. The van der Waals surface area contributed by atoms with Gasteiger partial charge in [-0.1, -0.05) is 30.3 Å². The minimum absolute atomic E-state index is 0.0371. The molecule has 0 aromatic heterocycles. The highest BCUT2D eigenvalue weighted by molar-refractivity contribution is 7.89. The number of rotatable bonds is 3. The van der Waals surface area contributed by atoms with Gasteiger partial charge in [0.2, 0.25) is 15.9 Å². The highest BCUT2D eigenvalue weighted by atomic mass is 32.2. The summed E-state index contributed by atoms with van der Waals surface area (Å²) in [4.78, 5) is 14.8. The summed E-state index contributed by atoms with van der Waals surface area (Å²) in [7, 11) is -3.73. The molecule has 28 heavy (non-hydrogen) atoms. The number of sulfonamides is 1. The van der Waals surface area contributed by atoms with E-state index in [2.05, 4.69) is 12.1 Å². The largest absolute Gasteiger partial charge is 0.338 e. The predicted molar refractivity (Wildman–Crippen MR) is 103 cm³/mol. The molecule has 0 atom stereocenters. The van der Waals surface area contributed by atoms with Crippen molar-refractivity contribution >= 4 is 15.9 Å². The molecular formula is C21H23FN2O3S. The number of nitrogens with zero attached hydrogens (tertiary/aromatic N) is 2. The number of amides is 1. The van der Waals surface area contributed by atoms with Gasteiger partial charge in [-0.3, -0.25) is 4.79 Å². The van der Waals surface area contributed by atoms with E-state index in [1.807, 2.05) is 17.0 Å². The smallest absolute Gasteiger partial charge is 0.243 e. The molecule has 2 aliphatic heterocycles. The molecule has 0 aliphatic carbocycles. The van der Waals surface area contributed by atoms with Crippen LogP contribution in [0.3, 0.4) is 0 Å². The summed E-state index contributed by atoms with van der Waals surface area (Å²) in [5, 5.41) is 0. The fourth-order valence-corrected chi connectivity index (χ4v) is 5.56. The number of carbonyl (C=O) groups is 1. The third-order valence-corrected chi connectivity index (χ3v) is 7.57. The highest BCUT2D eigenvalue weighted by Crippen LogP contribution is 2.27. The van der Waals surface area contributed by atoms with E-state index in [4.69, 9.17) is 0 Å². The summed E-state index contributed by atoms with van der Waals surface area (Å²) in [6, 6.07) is 13.2. The normalized spacial score (nSPS) is 18.7. The first-order valence-electron chi connectivity index (χ1n) is 9.56. The number of halogens is 1. The van der Waals surface area contributed by atoms with Crippen LogP contribution in [0.2, 0.25) is 0 Å². The van der Waals surface area contributed by atoms with Gasteiger partial charge >= 0.3 is 0 Å². The van der Waals surface area contributed by atoms with Crippen LogP contribution in [0.4, 0.5) is 4.39 Å². The molecular weight excluding hydrogens is 379 g/mol. The lowest BCUT2D eigenvalue weighted by molar-refractivity contribution is -0.137. The molecule has 4 rings (SSSR count). The number of benzene rings is 2. The van der Waals surface area contributed by atoms with Crippen molar-refractivity contribution in [3.63, 3.8) is 0 Å². The molecule has 2 aromatic carbocycles. The summed E-state index contributed by atoms with van der Waals surface area (Å²) in [6.45, 7) is 1.88. The van der Waals surface area contributed by atoms with E-state index in [9.17, 15) is 17.6 Å². The molecule has 0 saturated carbocycles. The zero-order chi connectivity index (χ0) is 19.7. The fraction of sp³-hybridized carbons (Fsp3) is 0.381. The van der Waals surface area contributed by atoms with Gasteiger partial charge in [-0.2, -0.15) is 4.31 Å². The molecule has 0 bridgehead atoms. The van der Waals surface area contributed by atoms with E-state index >= 15 is 0 Å². The van der Waals surface area contributed by atoms with Gasteiger partial charge in [0.15, 0.2) is 0 Å². The van der Waals surface area contributed by atoms with Gasteiger partial charge in [-0.25, -0.2) is 12.8 Å². The van der Waals surface area contributed by atoms with Crippen molar-refractivity contribution in [2.75, 3.05) is 19.6 Å². The van der Waals surface area contributed by atoms with Crippen LogP contribution in [-0.2, 0) is 27.8 Å². The topological polar surface area (TPSA) is 57.7 Å². The van der Waals surface area contributed by atoms with Crippen LogP contribution in [0.5, 0.6) is 0 Å². The summed E-state index contributed by atoms with van der Waals surface area (Å²) < 4.78 is 40.2. The zero-order valence-corrected chi connectivity index (χ0v) is 16.4. The SMILES string of the molecule is O=C(C1CCN(S(=O)(=O)c2cccc(F)c2)CC1)N1CCc2ccccc2C1. The number of carbonyl (C=O) groups excluding carboxylic acids is 1. The van der Waals surface area contributed by atoms with Crippen molar-refractivity contribution in [1.29, 1.82) is 0 Å². The third-order valence-electron chi connectivity index (χ3n) is 5.68. The van der Waals surface area contributed by atoms with Crippen LogP contribution in [0.1, 0.15) is 24.0 Å². The fourth-order valence-electron chi connectivity index (χ4n) is 4.06. The lowest BCUT2D eigenvalue weighted by atomic mass is 9.94. The molecule has 1 fully saturated rings. The lowest BCUT2D eigenvalue weighted by Crippen LogP contribution is -2.45. The molecule has 0 radical (unpaired) electrons. The Hall–Kier alpha value is -2.25. The molecule has 0 unspecified atom stereocenters. The Kier molecular flexibility index (Phi) is 5.21. The molecule has 2 heterocycles. The van der Waals surface area contributed by atoms with Crippen LogP contribution in [-0.4, -0.2) is 43.2 Å². The van der Waals surface area contributed by atoms with Crippen LogP contribution in [0, 0.1) is 11.7 Å². The summed E-state index contributed by atoms with van der Waals surface area (Å²) >= 11 is 0. The second-order valence-corrected chi connectivity index (χ2v) is 9.35. The first-order valence-corrected chi connectivity index (χ1v) is 11.0. The van der Waals surface area contributed by atoms with E-state index in [0.29, 0.717) is 25.9 Å². The van der Waals surface area contributed by atoms with Gasteiger partial charge in [0.05, 0.1) is 4.90 Å². The van der Waals surface area contributed by atoms with Crippen LogP contribution < -0.4 is 0 Å². The second-order valence-electron chi connectivity index (χ2n) is 7.41. The Bertz CT molecular complexity index is 985. The average molecular weight is 402 g/mol. The molecule has 5 nitrogen and oxygen atoms in total. The van der Waals surface area contributed by atoms with Gasteiger partial charge in [0.25, 0.3) is 0 Å². The Morgan fingerprint density at radius 1 is 0.964 bits per heavy atom. The van der Waals surface area contributed by atoms with Crippen molar-refractivity contribution in [3.8, 4) is 0 Å². The van der Waals surface area contributed by atoms with Crippen molar-refractivity contribution in [1.82, 2.24) is 9.21 Å². The summed E-state index contributed by atoms with van der Waals surface area (Å²) in [5.41, 5.74) is 2.48. The maximum absolute atomic E-state index is 13.4. The molecule has 0 spiro atoms. The van der Waals surface area contributed by atoms with Crippen molar-refractivity contribution in [3.05, 3.63) is 65.5 Å². The monoisotopic (exact) mass is 402 g/mol. The van der Waals surface area contributed by atoms with E-state index in [1.165, 1.54) is 33.6 Å². The van der Waals surface area contributed by atoms with Gasteiger partial charge in [0, 0.05) is 32.1 Å². The van der Waals surface area contributed by atoms with Crippen LogP contribution >= 0.6 is 0 Å². The van der Waals surface area contributed by atoms with Crippen LogP contribution in [0.15, 0.2) is 53.4 Å². The van der Waals surface area contributed by atoms with E-state index in [0.717, 1.165) is 12.5 Å². The van der Waals surface area contributed by atoms with Gasteiger partial charge in [-0.15, -0.1) is 0 Å². The molecule has 148 valence electrons. The number of hydrogen-bond acceptors (Lipinski definition) is 3. The molecule has 7 heteroatoms. The first kappa shape index (κ1) is 19.1. The molecule has 2 aromatic rings. The van der Waals surface area contributed by atoms with Crippen molar-refractivity contribution in [2.45, 2.75) is 30.7 Å². The maximum Gasteiger partial charge on any atom is 0.243 e. The van der Waals surface area contributed by atoms with Crippen LogP contribution in [0.25, 0.3) is 0 Å². The molecule has 2 aliphatic rings. The van der Waals surface area contributed by atoms with Crippen molar-refractivity contribution in [2.24, 2.45) is 5.92 Å². The Morgan fingerprint density at radius 2 is 1.68 bits per heavy atom. The summed E-state index contributed by atoms with van der Waals surface area (Å²) in [6.07, 6.45) is 1.84. The maximum atomic E-state index is 13.4. The van der Waals surface area contributed by atoms with E-state index < -0.39 is 15.8 Å². The van der Waals surface area contributed by atoms with Gasteiger partial charge in [-0.05, 0) is 48.6 Å². The highest BCUT2D eigenvalue weighted by Gasteiger charge is 2.34. The Balaban J connectivity index is 1.40. The zero-order valence-electron chi connectivity index (χ0n) is 15.6. The van der Waals surface area contributed by atoms with E-state index in [1.54, 1.807) is 0 Å². The Morgan fingerprint density at radius 3 is 2.39 bits per heavy atom. The molecule has 1 amide bonds. The average Bonchev–Trinajstić information content (AvgIpc) is 2.73. The standard InChI is InChI=1S/C21H23FN2O3S/c22-19-6-3-7-20(14-19)28(26,27)24-12-9-17(10-13-24)21(25)23-11-8-16-4-1-2-5-18(16)15-23/h1-7,14,17H,8-13,15H2. The Labute approximate surface area is 164 Å². The van der Waals surface area contributed by atoms with Crippen molar-refractivity contribution < 1.29 is 17.6 Å². The van der Waals surface area contributed by atoms with Gasteiger partial charge < -0.3 is 4.90 Å². The molecule has 0 N–H and O–H groups in total. The first-order chi connectivity index (χ1) is 13.4. The summed E-state index contributed by atoms with van der Waals surface area (Å²) in [5.74, 6) is -0.627. The molecule has 1 saturated heterocycles. The quantitative estimate of drug-likeness (QED) is 0.793. The lowest BCUT2D eigenvalue weighted by Gasteiger charge is -2.35. The predicted octanol–water partition coefficient (Wildman–Crippen LogP) is 2.81. The third kappa shape index (κ3) is 3.69. The van der Waals surface area contributed by atoms with Gasteiger partial charge in [0.1, 0.15) is 5.82 Å². The van der Waals surface area contributed by atoms with E-state index in [-0.39, 0.29) is 29.8 Å².